The molecule has 0 bridgehead atoms. The Bertz CT molecular complexity index is 1140. The molecule has 2 heterocycles. The summed E-state index contributed by atoms with van der Waals surface area (Å²) in [6.07, 6.45) is 3.77. The predicted octanol–water partition coefficient (Wildman–Crippen LogP) is 4.19. The molecule has 2 aromatic carbocycles. The molecule has 0 N–H and O–H groups in total. The second-order valence-corrected chi connectivity index (χ2v) is 7.48. The van der Waals surface area contributed by atoms with Crippen molar-refractivity contribution in [2.75, 3.05) is 6.79 Å². The summed E-state index contributed by atoms with van der Waals surface area (Å²) < 4.78 is 10.8. The van der Waals surface area contributed by atoms with Gasteiger partial charge < -0.3 is 9.47 Å². The highest BCUT2D eigenvalue weighted by molar-refractivity contribution is 5.94. The first-order chi connectivity index (χ1) is 14.2. The average molecular weight is 382 g/mol. The summed E-state index contributed by atoms with van der Waals surface area (Å²) in [5.41, 5.74) is 3.80. The Morgan fingerprint density at radius 1 is 1.03 bits per heavy atom. The highest BCUT2D eigenvalue weighted by Crippen LogP contribution is 2.51. The monoisotopic (exact) mass is 382 g/mol. The molecule has 1 aliphatic carbocycles. The molecule has 0 spiro atoms. The number of nitrogens with zero attached hydrogens (tertiary/aromatic N) is 2. The van der Waals surface area contributed by atoms with Gasteiger partial charge in [-0.05, 0) is 54.3 Å². The lowest BCUT2D eigenvalue weighted by molar-refractivity contribution is -0.120. The third kappa shape index (κ3) is 3.13. The molecular weight excluding hydrogens is 364 g/mol. The predicted molar refractivity (Wildman–Crippen MR) is 107 cm³/mol. The first-order valence-corrected chi connectivity index (χ1v) is 9.57. The van der Waals surface area contributed by atoms with E-state index < -0.39 is 5.41 Å². The molecule has 1 fully saturated rings. The van der Waals surface area contributed by atoms with Gasteiger partial charge in [0.15, 0.2) is 11.5 Å². The Balaban J connectivity index is 1.34. The van der Waals surface area contributed by atoms with Crippen LogP contribution in [0, 0.1) is 11.3 Å². The van der Waals surface area contributed by atoms with E-state index in [1.54, 1.807) is 12.3 Å². The first-order valence-electron chi connectivity index (χ1n) is 9.57. The van der Waals surface area contributed by atoms with Gasteiger partial charge in [0.1, 0.15) is 5.78 Å². The van der Waals surface area contributed by atoms with Gasteiger partial charge in [0.05, 0.1) is 17.0 Å². The van der Waals surface area contributed by atoms with Crippen molar-refractivity contribution in [2.45, 2.75) is 24.7 Å². The smallest absolute Gasteiger partial charge is 0.231 e. The summed E-state index contributed by atoms with van der Waals surface area (Å²) in [6, 6.07) is 19.2. The van der Waals surface area contributed by atoms with Crippen molar-refractivity contribution < 1.29 is 14.3 Å². The fraction of sp³-hybridized carbons (Fsp3) is 0.208. The maximum Gasteiger partial charge on any atom is 0.231 e. The van der Waals surface area contributed by atoms with Crippen molar-refractivity contribution in [3.05, 3.63) is 77.6 Å². The van der Waals surface area contributed by atoms with Crippen LogP contribution in [0.1, 0.15) is 29.7 Å². The molecule has 5 nitrogen and oxygen atoms in total. The van der Waals surface area contributed by atoms with Crippen LogP contribution >= 0.6 is 0 Å². The van der Waals surface area contributed by atoms with Gasteiger partial charge in [-0.2, -0.15) is 5.26 Å². The molecule has 0 saturated heterocycles. The van der Waals surface area contributed by atoms with E-state index in [-0.39, 0.29) is 12.6 Å². The van der Waals surface area contributed by atoms with Crippen LogP contribution in [0.5, 0.6) is 11.5 Å². The van der Waals surface area contributed by atoms with Crippen LogP contribution in [-0.4, -0.2) is 17.6 Å². The Kier molecular flexibility index (Phi) is 4.06. The van der Waals surface area contributed by atoms with Gasteiger partial charge >= 0.3 is 0 Å². The number of hydrogen-bond acceptors (Lipinski definition) is 5. The van der Waals surface area contributed by atoms with E-state index >= 15 is 0 Å². The van der Waals surface area contributed by atoms with Gasteiger partial charge in [0, 0.05) is 23.9 Å². The summed E-state index contributed by atoms with van der Waals surface area (Å²) >= 11 is 0. The van der Waals surface area contributed by atoms with E-state index in [2.05, 4.69) is 11.1 Å². The van der Waals surface area contributed by atoms with Gasteiger partial charge in [-0.25, -0.2) is 0 Å². The fourth-order valence-electron chi connectivity index (χ4n) is 3.85. The summed E-state index contributed by atoms with van der Waals surface area (Å²) in [6.45, 7) is 0.229. The minimum atomic E-state index is -0.428. The molecule has 0 unspecified atom stereocenters. The molecule has 0 atom stereocenters. The number of ketones is 1. The highest BCUT2D eigenvalue weighted by Gasteiger charge is 2.50. The number of carbonyl (C=O) groups excluding carboxylic acids is 1. The lowest BCUT2D eigenvalue weighted by atomic mass is 9.88. The molecular formula is C24H18N2O3. The topological polar surface area (TPSA) is 72.2 Å². The second-order valence-electron chi connectivity index (χ2n) is 7.48. The van der Waals surface area contributed by atoms with Crippen LogP contribution < -0.4 is 9.47 Å². The minimum absolute atomic E-state index is 0.183. The van der Waals surface area contributed by atoms with Gasteiger partial charge in [-0.15, -0.1) is 0 Å². The van der Waals surface area contributed by atoms with Crippen molar-refractivity contribution in [1.82, 2.24) is 4.98 Å². The maximum atomic E-state index is 13.1. The second kappa shape index (κ2) is 6.75. The number of hydrogen-bond donors (Lipinski definition) is 0. The molecule has 2 aliphatic rings. The maximum absolute atomic E-state index is 13.1. The van der Waals surface area contributed by atoms with Crippen molar-refractivity contribution in [1.29, 1.82) is 5.26 Å². The van der Waals surface area contributed by atoms with Crippen LogP contribution in [0.3, 0.4) is 0 Å². The number of aromatic nitrogens is 1. The lowest BCUT2D eigenvalue weighted by Gasteiger charge is -2.15. The molecule has 5 rings (SSSR count). The Hall–Kier alpha value is -3.65. The van der Waals surface area contributed by atoms with Crippen molar-refractivity contribution >= 4 is 5.78 Å². The fourth-order valence-corrected chi connectivity index (χ4v) is 3.85. The number of ether oxygens (including phenoxy) is 2. The van der Waals surface area contributed by atoms with Crippen LogP contribution in [0.15, 0.2) is 60.8 Å². The van der Waals surface area contributed by atoms with Crippen molar-refractivity contribution in [3.63, 3.8) is 0 Å². The zero-order chi connectivity index (χ0) is 19.8. The van der Waals surface area contributed by atoms with Gasteiger partial charge in [-0.1, -0.05) is 24.3 Å². The normalized spacial score (nSPS) is 15.6. The van der Waals surface area contributed by atoms with E-state index in [1.165, 1.54) is 0 Å². The summed E-state index contributed by atoms with van der Waals surface area (Å²) in [7, 11) is 0. The van der Waals surface area contributed by atoms with E-state index in [1.807, 2.05) is 48.5 Å². The van der Waals surface area contributed by atoms with E-state index in [0.29, 0.717) is 17.7 Å². The third-order valence-corrected chi connectivity index (χ3v) is 5.70. The first kappa shape index (κ1) is 17.4. The number of nitriles is 1. The third-order valence-electron chi connectivity index (χ3n) is 5.70. The van der Waals surface area contributed by atoms with Gasteiger partial charge in [-0.3, -0.25) is 9.78 Å². The molecule has 142 valence electrons. The van der Waals surface area contributed by atoms with E-state index in [4.69, 9.17) is 14.7 Å². The van der Waals surface area contributed by atoms with E-state index in [9.17, 15) is 4.79 Å². The lowest BCUT2D eigenvalue weighted by Crippen LogP contribution is -2.22. The van der Waals surface area contributed by atoms with Gasteiger partial charge in [0.2, 0.25) is 6.79 Å². The molecule has 0 amide bonds. The molecule has 1 saturated carbocycles. The number of benzene rings is 2. The van der Waals surface area contributed by atoms with Crippen LogP contribution in [0.2, 0.25) is 0 Å². The molecule has 0 radical (unpaired) electrons. The average Bonchev–Trinajstić information content (AvgIpc) is 3.45. The SMILES string of the molecule is N#Cc1cccc(-c2ccc(CC(=O)C3(c4ccc5c(c4)OCO5)CC3)nc2)c1. The standard InChI is InChI=1S/C24H18N2O3/c25-13-16-2-1-3-17(10-16)18-4-6-20(26-14-18)12-23(27)24(8-9-24)19-5-7-21-22(11-19)29-15-28-21/h1-7,10-11,14H,8-9,12,15H2. The molecule has 3 aromatic rings. The minimum Gasteiger partial charge on any atom is -0.454 e. The Morgan fingerprint density at radius 2 is 1.90 bits per heavy atom. The van der Waals surface area contributed by atoms with Crippen LogP contribution in [0.25, 0.3) is 11.1 Å². The molecule has 5 heteroatoms. The number of rotatable bonds is 5. The van der Waals surface area contributed by atoms with E-state index in [0.717, 1.165) is 41.0 Å². The summed E-state index contributed by atoms with van der Waals surface area (Å²) in [5.74, 6) is 1.63. The number of pyridine rings is 1. The Morgan fingerprint density at radius 3 is 2.66 bits per heavy atom. The Labute approximate surface area is 168 Å². The highest BCUT2D eigenvalue weighted by atomic mass is 16.7. The molecule has 29 heavy (non-hydrogen) atoms. The number of fused-ring (bicyclic) bond motifs is 1. The van der Waals surface area contributed by atoms with Crippen LogP contribution in [-0.2, 0) is 16.6 Å². The number of carbonyl (C=O) groups is 1. The summed E-state index contributed by atoms with van der Waals surface area (Å²) in [5, 5.41) is 9.06. The zero-order valence-corrected chi connectivity index (χ0v) is 15.7. The summed E-state index contributed by atoms with van der Waals surface area (Å²) in [4.78, 5) is 17.6. The van der Waals surface area contributed by atoms with Crippen LogP contribution in [0.4, 0.5) is 0 Å². The van der Waals surface area contributed by atoms with Crippen molar-refractivity contribution in [2.24, 2.45) is 0 Å². The molecule has 1 aromatic heterocycles. The van der Waals surface area contributed by atoms with Gasteiger partial charge in [0.25, 0.3) is 0 Å². The quantitative estimate of drug-likeness (QED) is 0.661. The van der Waals surface area contributed by atoms with Crippen molar-refractivity contribution in [3.8, 4) is 28.7 Å². The molecule has 1 aliphatic heterocycles. The largest absolute Gasteiger partial charge is 0.454 e. The zero-order valence-electron chi connectivity index (χ0n) is 15.7. The number of Topliss-reactive ketones (excluding diaryl/α,β-unsaturated/α-hetero) is 1.